The van der Waals surface area contributed by atoms with E-state index < -0.39 is 11.6 Å². The molecule has 1 aromatic rings. The van der Waals surface area contributed by atoms with Gasteiger partial charge in [0, 0.05) is 19.8 Å². The lowest BCUT2D eigenvalue weighted by atomic mass is 10.0. The number of aryl methyl sites for hydroxylation is 1. The van der Waals surface area contributed by atoms with Gasteiger partial charge in [0.25, 0.3) is 0 Å². The summed E-state index contributed by atoms with van der Waals surface area (Å²) in [5, 5.41) is 4.31. The third kappa shape index (κ3) is 3.95. The summed E-state index contributed by atoms with van der Waals surface area (Å²) in [7, 11) is 1.83. The van der Waals surface area contributed by atoms with Crippen LogP contribution in [0.25, 0.3) is 0 Å². The third-order valence-corrected chi connectivity index (χ3v) is 3.28. The van der Waals surface area contributed by atoms with Crippen LogP contribution in [0, 0.1) is 0 Å². The summed E-state index contributed by atoms with van der Waals surface area (Å²) < 4.78 is 12.6. The van der Waals surface area contributed by atoms with E-state index in [1.807, 2.05) is 40.1 Å². The number of carbonyl (C=O) groups excluding carboxylic acids is 1. The Morgan fingerprint density at radius 1 is 1.57 bits per heavy atom. The highest BCUT2D eigenvalue weighted by Gasteiger charge is 2.35. The van der Waals surface area contributed by atoms with E-state index in [1.165, 1.54) is 0 Å². The van der Waals surface area contributed by atoms with Crippen LogP contribution in [0.2, 0.25) is 0 Å². The van der Waals surface area contributed by atoms with E-state index in [9.17, 15) is 4.79 Å². The molecule has 2 unspecified atom stereocenters. The monoisotopic (exact) mass is 296 g/mol. The van der Waals surface area contributed by atoms with E-state index in [4.69, 9.17) is 15.2 Å². The molecular weight excluding hydrogens is 272 g/mol. The number of hydrogen-bond donors (Lipinski definition) is 1. The fraction of sp³-hybridized carbons (Fsp3) is 0.714. The van der Waals surface area contributed by atoms with Crippen LogP contribution in [-0.4, -0.2) is 52.2 Å². The minimum atomic E-state index is -0.533. The number of carbonyl (C=O) groups is 1. The fourth-order valence-electron chi connectivity index (χ4n) is 2.28. The van der Waals surface area contributed by atoms with Crippen molar-refractivity contribution < 1.29 is 14.3 Å². The van der Waals surface area contributed by atoms with Crippen LogP contribution < -0.4 is 5.73 Å². The van der Waals surface area contributed by atoms with Crippen LogP contribution in [0.4, 0.5) is 4.79 Å². The average molecular weight is 296 g/mol. The molecule has 0 aliphatic carbocycles. The molecule has 2 atom stereocenters. The van der Waals surface area contributed by atoms with Crippen molar-refractivity contribution in [1.29, 1.82) is 0 Å². The molecule has 0 saturated carbocycles. The average Bonchev–Trinajstić information content (AvgIpc) is 2.82. The predicted octanol–water partition coefficient (Wildman–Crippen LogP) is 1.06. The molecule has 0 aromatic carbocycles. The second-order valence-electron chi connectivity index (χ2n) is 6.26. The van der Waals surface area contributed by atoms with E-state index in [1.54, 1.807) is 9.58 Å². The van der Waals surface area contributed by atoms with Gasteiger partial charge in [-0.1, -0.05) is 0 Å². The van der Waals surface area contributed by atoms with E-state index in [2.05, 4.69) is 5.10 Å². The number of hydrogen-bond acceptors (Lipinski definition) is 5. The first-order valence-electron chi connectivity index (χ1n) is 7.10. The first-order chi connectivity index (χ1) is 9.78. The molecule has 1 fully saturated rings. The smallest absolute Gasteiger partial charge is 0.410 e. The van der Waals surface area contributed by atoms with Crippen molar-refractivity contribution in [2.24, 2.45) is 12.8 Å². The summed E-state index contributed by atoms with van der Waals surface area (Å²) in [5.41, 5.74) is 6.47. The maximum absolute atomic E-state index is 12.3. The first kappa shape index (κ1) is 15.8. The van der Waals surface area contributed by atoms with Crippen molar-refractivity contribution in [3.05, 3.63) is 18.0 Å². The second kappa shape index (κ2) is 6.03. The van der Waals surface area contributed by atoms with E-state index in [0.717, 1.165) is 5.69 Å². The molecular formula is C14H24N4O3. The summed E-state index contributed by atoms with van der Waals surface area (Å²) in [4.78, 5) is 14.0. The quantitative estimate of drug-likeness (QED) is 0.882. The van der Waals surface area contributed by atoms with Crippen LogP contribution in [0.15, 0.2) is 12.3 Å². The molecule has 7 nitrogen and oxygen atoms in total. The van der Waals surface area contributed by atoms with Crippen molar-refractivity contribution >= 4 is 6.09 Å². The summed E-state index contributed by atoms with van der Waals surface area (Å²) in [6, 6.07) is 1.18. The molecule has 1 aliphatic heterocycles. The lowest BCUT2D eigenvalue weighted by Gasteiger charge is -2.38. The van der Waals surface area contributed by atoms with Crippen LogP contribution in [0.3, 0.4) is 0 Å². The molecule has 21 heavy (non-hydrogen) atoms. The Labute approximate surface area is 125 Å². The van der Waals surface area contributed by atoms with Crippen LogP contribution in [-0.2, 0) is 16.5 Å². The highest BCUT2D eigenvalue weighted by atomic mass is 16.6. The van der Waals surface area contributed by atoms with Gasteiger partial charge >= 0.3 is 6.09 Å². The van der Waals surface area contributed by atoms with Crippen molar-refractivity contribution in [3.8, 4) is 0 Å². The number of rotatable bonds is 2. The van der Waals surface area contributed by atoms with Crippen LogP contribution in [0.5, 0.6) is 0 Å². The van der Waals surface area contributed by atoms with Gasteiger partial charge in [0.15, 0.2) is 0 Å². The zero-order chi connectivity index (χ0) is 15.6. The SMILES string of the molecule is Cn1ccc(C(N)C2COCCN2C(=O)OC(C)(C)C)n1. The van der Waals surface area contributed by atoms with Gasteiger partial charge in [0.2, 0.25) is 0 Å². The number of nitrogens with two attached hydrogens (primary N) is 1. The Bertz CT molecular complexity index is 495. The van der Waals surface area contributed by atoms with Crippen LogP contribution >= 0.6 is 0 Å². The lowest BCUT2D eigenvalue weighted by molar-refractivity contribution is -0.0385. The highest BCUT2D eigenvalue weighted by Crippen LogP contribution is 2.22. The molecule has 2 N–H and O–H groups in total. The van der Waals surface area contributed by atoms with Gasteiger partial charge in [0.1, 0.15) is 5.60 Å². The molecule has 0 spiro atoms. The second-order valence-corrected chi connectivity index (χ2v) is 6.26. The van der Waals surface area contributed by atoms with Crippen LogP contribution in [0.1, 0.15) is 32.5 Å². The number of amides is 1. The van der Waals surface area contributed by atoms with Crippen molar-refractivity contribution in [3.63, 3.8) is 0 Å². The standard InChI is InChI=1S/C14H24N4O3/c1-14(2,3)21-13(19)18-7-8-20-9-11(18)12(15)10-5-6-17(4)16-10/h5-6,11-12H,7-9,15H2,1-4H3. The van der Waals surface area contributed by atoms with E-state index in [0.29, 0.717) is 19.8 Å². The van der Waals surface area contributed by atoms with Gasteiger partial charge in [-0.15, -0.1) is 0 Å². The highest BCUT2D eigenvalue weighted by molar-refractivity contribution is 5.68. The zero-order valence-corrected chi connectivity index (χ0v) is 13.1. The Morgan fingerprint density at radius 3 is 2.86 bits per heavy atom. The minimum Gasteiger partial charge on any atom is -0.444 e. The third-order valence-electron chi connectivity index (χ3n) is 3.28. The minimum absolute atomic E-state index is 0.275. The number of aromatic nitrogens is 2. The normalized spacial score (nSPS) is 21.2. The summed E-state index contributed by atoms with van der Waals surface area (Å²) >= 11 is 0. The molecule has 1 amide bonds. The predicted molar refractivity (Wildman–Crippen MR) is 77.7 cm³/mol. The Morgan fingerprint density at radius 2 is 2.29 bits per heavy atom. The van der Waals surface area contributed by atoms with Gasteiger partial charge in [-0.25, -0.2) is 4.79 Å². The zero-order valence-electron chi connectivity index (χ0n) is 13.1. The van der Waals surface area contributed by atoms with Gasteiger partial charge in [-0.2, -0.15) is 5.10 Å². The number of morpholine rings is 1. The van der Waals surface area contributed by atoms with Gasteiger partial charge in [-0.05, 0) is 26.8 Å². The van der Waals surface area contributed by atoms with E-state index in [-0.39, 0.29) is 12.1 Å². The topological polar surface area (TPSA) is 82.6 Å². The van der Waals surface area contributed by atoms with Gasteiger partial charge < -0.3 is 15.2 Å². The summed E-state index contributed by atoms with van der Waals surface area (Å²) in [6.07, 6.45) is 1.47. The molecule has 118 valence electrons. The number of ether oxygens (including phenoxy) is 2. The molecule has 2 heterocycles. The van der Waals surface area contributed by atoms with Crippen molar-refractivity contribution in [2.75, 3.05) is 19.8 Å². The molecule has 0 radical (unpaired) electrons. The molecule has 1 saturated heterocycles. The summed E-state index contributed by atoms with van der Waals surface area (Å²) in [5.74, 6) is 0. The lowest BCUT2D eigenvalue weighted by Crippen LogP contribution is -2.54. The fourth-order valence-corrected chi connectivity index (χ4v) is 2.28. The van der Waals surface area contributed by atoms with Gasteiger partial charge in [0.05, 0.1) is 31.0 Å². The van der Waals surface area contributed by atoms with Crippen molar-refractivity contribution in [2.45, 2.75) is 38.5 Å². The maximum atomic E-state index is 12.3. The van der Waals surface area contributed by atoms with E-state index >= 15 is 0 Å². The number of nitrogens with zero attached hydrogens (tertiary/aromatic N) is 3. The van der Waals surface area contributed by atoms with Crippen molar-refractivity contribution in [1.82, 2.24) is 14.7 Å². The Kier molecular flexibility index (Phi) is 4.53. The maximum Gasteiger partial charge on any atom is 0.410 e. The molecule has 7 heteroatoms. The van der Waals surface area contributed by atoms with Gasteiger partial charge in [-0.3, -0.25) is 9.58 Å². The Hall–Kier alpha value is -1.60. The largest absolute Gasteiger partial charge is 0.444 e. The molecule has 1 aliphatic rings. The Balaban J connectivity index is 2.13. The molecule has 2 rings (SSSR count). The summed E-state index contributed by atoms with van der Waals surface area (Å²) in [6.45, 7) is 6.89. The molecule has 1 aromatic heterocycles. The molecule has 0 bridgehead atoms. The first-order valence-corrected chi connectivity index (χ1v) is 7.10.